The molecule has 4 aliphatic rings. The highest BCUT2D eigenvalue weighted by Crippen LogP contribution is 2.47. The van der Waals surface area contributed by atoms with E-state index in [1.54, 1.807) is 19.5 Å². The third kappa shape index (κ3) is 6.09. The third-order valence-corrected chi connectivity index (χ3v) is 8.30. The van der Waals surface area contributed by atoms with Crippen LogP contribution in [0, 0.1) is 0 Å². The van der Waals surface area contributed by atoms with Crippen molar-refractivity contribution in [2.75, 3.05) is 43.1 Å². The number of nitrogens with zero attached hydrogens (tertiary/aromatic N) is 7. The van der Waals surface area contributed by atoms with Crippen molar-refractivity contribution in [3.63, 3.8) is 0 Å². The Labute approximate surface area is 239 Å². The molecule has 2 aromatic rings. The van der Waals surface area contributed by atoms with Crippen LogP contribution in [0.1, 0.15) is 81.9 Å². The number of anilines is 2. The first-order valence-corrected chi connectivity index (χ1v) is 14.7. The number of hydrogen-bond acceptors (Lipinski definition) is 11. The molecule has 13 nitrogen and oxygen atoms in total. The lowest BCUT2D eigenvalue weighted by Gasteiger charge is -2.38. The molecular weight excluding hydrogens is 528 g/mol. The van der Waals surface area contributed by atoms with Crippen molar-refractivity contribution in [2.45, 2.75) is 95.0 Å². The summed E-state index contributed by atoms with van der Waals surface area (Å²) < 4.78 is 16.5. The van der Waals surface area contributed by atoms with E-state index >= 15 is 0 Å². The number of aromatic nitrogens is 4. The Balaban J connectivity index is 1.04. The van der Waals surface area contributed by atoms with Crippen molar-refractivity contribution in [2.24, 2.45) is 0 Å². The normalized spacial score (nSPS) is 22.5. The number of carbonyl (C=O) groups excluding carboxylic acids is 2. The summed E-state index contributed by atoms with van der Waals surface area (Å²) in [6.45, 7) is 8.32. The van der Waals surface area contributed by atoms with Gasteiger partial charge in [0, 0.05) is 57.8 Å². The summed E-state index contributed by atoms with van der Waals surface area (Å²) in [4.78, 5) is 45.6. The van der Waals surface area contributed by atoms with E-state index in [4.69, 9.17) is 14.0 Å². The van der Waals surface area contributed by atoms with Gasteiger partial charge in [0.25, 0.3) is 5.91 Å². The first-order chi connectivity index (χ1) is 19.6. The fraction of sp³-hybridized carbons (Fsp3) is 0.714. The lowest BCUT2D eigenvalue weighted by Crippen LogP contribution is -2.48. The molecule has 2 aliphatic heterocycles. The average molecular weight is 569 g/mol. The second-order valence-electron chi connectivity index (χ2n) is 12.6. The molecule has 4 fully saturated rings. The van der Waals surface area contributed by atoms with E-state index in [0.717, 1.165) is 58.0 Å². The smallest absolute Gasteiger partial charge is 0.407 e. The second kappa shape index (κ2) is 10.7. The van der Waals surface area contributed by atoms with Gasteiger partial charge in [0.1, 0.15) is 11.2 Å². The predicted molar refractivity (Wildman–Crippen MR) is 149 cm³/mol. The number of ether oxygens (including phenoxy) is 2. The molecule has 2 amide bonds. The molecule has 0 unspecified atom stereocenters. The number of methoxy groups -OCH3 is 1. The van der Waals surface area contributed by atoms with Gasteiger partial charge in [-0.2, -0.15) is 4.98 Å². The molecule has 0 spiro atoms. The number of amides is 2. The molecule has 13 heteroatoms. The van der Waals surface area contributed by atoms with Crippen molar-refractivity contribution in [3.8, 4) is 0 Å². The molecule has 1 atom stereocenters. The topological polar surface area (TPSA) is 139 Å². The molecular formula is C28H40N8O5. The Kier molecular flexibility index (Phi) is 7.25. The zero-order valence-corrected chi connectivity index (χ0v) is 24.3. The van der Waals surface area contributed by atoms with Crippen LogP contribution in [0.25, 0.3) is 0 Å². The molecule has 0 radical (unpaired) electrons. The minimum Gasteiger partial charge on any atom is -0.444 e. The standard InChI is InChI=1S/C28H40N8O5/c1-27(2,3)40-26(38)31-19-7-12-35(17-19)24-29-15-18(16-30-24)22(37)36(20-5-6-20)21-8-13-34(14-9-21)25-32-23(33-41-25)28(39-4)10-11-28/h15-16,19-21H,5-14,17H2,1-4H3,(H,31,38)/t19-/m1/s1. The molecule has 2 saturated carbocycles. The lowest BCUT2D eigenvalue weighted by molar-refractivity contribution is 0.0508. The number of hydrogen-bond donors (Lipinski definition) is 1. The number of piperidine rings is 1. The van der Waals surface area contributed by atoms with Crippen molar-refractivity contribution < 1.29 is 23.6 Å². The third-order valence-electron chi connectivity index (χ3n) is 8.30. The number of carbonyl (C=O) groups is 2. The molecule has 0 aromatic carbocycles. The van der Waals surface area contributed by atoms with E-state index in [9.17, 15) is 9.59 Å². The van der Waals surface area contributed by atoms with E-state index in [0.29, 0.717) is 36.4 Å². The van der Waals surface area contributed by atoms with Crippen LogP contribution in [-0.4, -0.2) is 94.0 Å². The summed E-state index contributed by atoms with van der Waals surface area (Å²) in [7, 11) is 1.69. The van der Waals surface area contributed by atoms with Crippen molar-refractivity contribution in [1.29, 1.82) is 0 Å². The Morgan fingerprint density at radius 1 is 1.02 bits per heavy atom. The first kappa shape index (κ1) is 27.7. The van der Waals surface area contributed by atoms with E-state index in [1.807, 2.05) is 25.7 Å². The van der Waals surface area contributed by atoms with E-state index in [2.05, 4.69) is 35.2 Å². The van der Waals surface area contributed by atoms with Gasteiger partial charge in [0.15, 0.2) is 0 Å². The molecule has 2 saturated heterocycles. The average Bonchev–Trinajstić information content (AvgIpc) is 3.85. The summed E-state index contributed by atoms with van der Waals surface area (Å²) in [5, 5.41) is 7.08. The molecule has 222 valence electrons. The van der Waals surface area contributed by atoms with Gasteiger partial charge in [-0.15, -0.1) is 0 Å². The number of rotatable bonds is 8. The van der Waals surface area contributed by atoms with Gasteiger partial charge in [-0.1, -0.05) is 5.16 Å². The highest BCUT2D eigenvalue weighted by molar-refractivity contribution is 5.94. The van der Waals surface area contributed by atoms with Gasteiger partial charge in [-0.05, 0) is 65.7 Å². The van der Waals surface area contributed by atoms with Crippen molar-refractivity contribution in [1.82, 2.24) is 30.3 Å². The Bertz CT molecular complexity index is 1240. The summed E-state index contributed by atoms with van der Waals surface area (Å²) in [5.74, 6) is 1.17. The summed E-state index contributed by atoms with van der Waals surface area (Å²) in [6, 6.07) is 0.892. The van der Waals surface area contributed by atoms with Crippen molar-refractivity contribution >= 4 is 24.0 Å². The summed E-state index contributed by atoms with van der Waals surface area (Å²) in [5.41, 5.74) is -0.414. The molecule has 2 aromatic heterocycles. The second-order valence-corrected chi connectivity index (χ2v) is 12.6. The minimum absolute atomic E-state index is 0.0146. The van der Waals surface area contributed by atoms with Crippen LogP contribution in [0.5, 0.6) is 0 Å². The van der Waals surface area contributed by atoms with E-state index in [1.165, 1.54) is 0 Å². The maximum atomic E-state index is 13.7. The van der Waals surface area contributed by atoms with Crippen molar-refractivity contribution in [3.05, 3.63) is 23.8 Å². The van der Waals surface area contributed by atoms with Crippen LogP contribution < -0.4 is 15.1 Å². The first-order valence-electron chi connectivity index (χ1n) is 14.7. The van der Waals surface area contributed by atoms with Gasteiger partial charge in [0.2, 0.25) is 11.8 Å². The Hall–Kier alpha value is -3.48. The Morgan fingerprint density at radius 2 is 1.68 bits per heavy atom. The maximum Gasteiger partial charge on any atom is 0.407 e. The predicted octanol–water partition coefficient (Wildman–Crippen LogP) is 2.87. The molecule has 41 heavy (non-hydrogen) atoms. The highest BCUT2D eigenvalue weighted by Gasteiger charge is 2.49. The Morgan fingerprint density at radius 3 is 2.29 bits per heavy atom. The number of nitrogens with one attached hydrogen (secondary N) is 1. The fourth-order valence-corrected chi connectivity index (χ4v) is 5.76. The van der Waals surface area contributed by atoms with Crippen LogP contribution in [0.4, 0.5) is 16.8 Å². The zero-order chi connectivity index (χ0) is 28.8. The summed E-state index contributed by atoms with van der Waals surface area (Å²) >= 11 is 0. The maximum absolute atomic E-state index is 13.7. The molecule has 0 bridgehead atoms. The van der Waals surface area contributed by atoms with Gasteiger partial charge < -0.3 is 34.0 Å². The fourth-order valence-electron chi connectivity index (χ4n) is 5.76. The minimum atomic E-state index is -0.541. The van der Waals surface area contributed by atoms with Crippen LogP contribution in [0.2, 0.25) is 0 Å². The van der Waals surface area contributed by atoms with Crippen LogP contribution >= 0.6 is 0 Å². The monoisotopic (exact) mass is 568 g/mol. The van der Waals surface area contributed by atoms with E-state index < -0.39 is 11.7 Å². The SMILES string of the molecule is COC1(c2noc(N3CCC(N(C(=O)c4cnc(N5CC[C@@H](NC(=O)OC(C)(C)C)C5)nc4)C4CC4)CC3)n2)CC1. The largest absolute Gasteiger partial charge is 0.444 e. The van der Waals surface area contributed by atoms with E-state index in [-0.39, 0.29) is 29.6 Å². The van der Waals surface area contributed by atoms with Crippen LogP contribution in [-0.2, 0) is 15.1 Å². The van der Waals surface area contributed by atoms with Gasteiger partial charge in [0.05, 0.1) is 11.6 Å². The van der Waals surface area contributed by atoms with Gasteiger partial charge in [-0.3, -0.25) is 4.79 Å². The molecule has 2 aliphatic carbocycles. The number of alkyl carbamates (subject to hydrolysis) is 1. The van der Waals surface area contributed by atoms with Crippen LogP contribution in [0.15, 0.2) is 16.9 Å². The van der Waals surface area contributed by atoms with Crippen LogP contribution in [0.3, 0.4) is 0 Å². The lowest BCUT2D eigenvalue weighted by atomic mass is 10.0. The summed E-state index contributed by atoms with van der Waals surface area (Å²) in [6.07, 6.45) is 9.15. The quantitative estimate of drug-likeness (QED) is 0.503. The van der Waals surface area contributed by atoms with Gasteiger partial charge >= 0.3 is 12.1 Å². The molecule has 4 heterocycles. The highest BCUT2D eigenvalue weighted by atomic mass is 16.6. The van der Waals surface area contributed by atoms with Gasteiger partial charge in [-0.25, -0.2) is 14.8 Å². The zero-order valence-electron chi connectivity index (χ0n) is 24.3. The molecule has 1 N–H and O–H groups in total. The molecule has 6 rings (SSSR count).